The zero-order valence-corrected chi connectivity index (χ0v) is 7.97. The van der Waals surface area contributed by atoms with Crippen molar-refractivity contribution in [3.05, 3.63) is 34.1 Å². The summed E-state index contributed by atoms with van der Waals surface area (Å²) in [6, 6.07) is 2.84. The van der Waals surface area contributed by atoms with Crippen LogP contribution in [0.15, 0.2) is 18.2 Å². The van der Waals surface area contributed by atoms with E-state index in [9.17, 15) is 19.3 Å². The minimum absolute atomic E-state index is 0.255. The number of hydrazine groups is 1. The molecule has 0 unspecified atom stereocenters. The molecule has 16 heavy (non-hydrogen) atoms. The van der Waals surface area contributed by atoms with E-state index < -0.39 is 28.9 Å². The van der Waals surface area contributed by atoms with Crippen LogP contribution in [-0.4, -0.2) is 17.4 Å². The highest BCUT2D eigenvalue weighted by atomic mass is 19.1. The predicted molar refractivity (Wildman–Crippen MR) is 50.9 cm³/mol. The van der Waals surface area contributed by atoms with Gasteiger partial charge in [-0.1, -0.05) is 0 Å². The summed E-state index contributed by atoms with van der Waals surface area (Å²) in [5, 5.41) is 10.3. The largest absolute Gasteiger partial charge is 0.481 e. The van der Waals surface area contributed by atoms with E-state index >= 15 is 0 Å². The number of nitro groups is 1. The lowest BCUT2D eigenvalue weighted by Crippen LogP contribution is -2.34. The highest BCUT2D eigenvalue weighted by Gasteiger charge is 2.12. The third-order valence-electron chi connectivity index (χ3n) is 1.65. The summed E-state index contributed by atoms with van der Waals surface area (Å²) >= 11 is 0. The number of ether oxygens (including phenoxy) is 1. The van der Waals surface area contributed by atoms with Gasteiger partial charge in [-0.05, 0) is 6.07 Å². The maximum atomic E-state index is 13.2. The van der Waals surface area contributed by atoms with E-state index in [0.29, 0.717) is 6.07 Å². The van der Waals surface area contributed by atoms with Gasteiger partial charge in [0, 0.05) is 6.07 Å². The Hall–Kier alpha value is -2.22. The van der Waals surface area contributed by atoms with Gasteiger partial charge < -0.3 is 4.74 Å². The topological polar surface area (TPSA) is 107 Å². The van der Waals surface area contributed by atoms with Crippen LogP contribution in [-0.2, 0) is 4.79 Å². The summed E-state index contributed by atoms with van der Waals surface area (Å²) < 4.78 is 17.9. The highest BCUT2D eigenvalue weighted by Crippen LogP contribution is 2.22. The van der Waals surface area contributed by atoms with Crippen LogP contribution in [0.5, 0.6) is 5.75 Å². The molecule has 0 aromatic heterocycles. The van der Waals surface area contributed by atoms with Crippen molar-refractivity contribution in [2.24, 2.45) is 5.84 Å². The molecule has 0 atom stereocenters. The summed E-state index contributed by atoms with van der Waals surface area (Å²) in [6.07, 6.45) is 0. The lowest BCUT2D eigenvalue weighted by molar-refractivity contribution is -0.385. The summed E-state index contributed by atoms with van der Waals surface area (Å²) in [5.74, 6) is 2.96. The van der Waals surface area contributed by atoms with Crippen molar-refractivity contribution in [2.45, 2.75) is 0 Å². The van der Waals surface area contributed by atoms with Crippen molar-refractivity contribution in [3.8, 4) is 5.75 Å². The molecule has 1 rings (SSSR count). The van der Waals surface area contributed by atoms with Crippen LogP contribution >= 0.6 is 0 Å². The van der Waals surface area contributed by atoms with E-state index in [1.54, 1.807) is 5.43 Å². The number of non-ortho nitro benzene ring substituents is 1. The number of amides is 1. The number of carbonyl (C=O) groups excluding carboxylic acids is 1. The first kappa shape index (κ1) is 11.9. The Morgan fingerprint density at radius 2 is 2.31 bits per heavy atom. The Labute approximate surface area is 89.1 Å². The molecule has 1 aromatic rings. The molecule has 7 nitrogen and oxygen atoms in total. The third kappa shape index (κ3) is 2.89. The number of halogens is 1. The number of nitrogens with one attached hydrogen (secondary N) is 1. The van der Waals surface area contributed by atoms with Crippen molar-refractivity contribution in [3.63, 3.8) is 0 Å². The van der Waals surface area contributed by atoms with Gasteiger partial charge in [-0.2, -0.15) is 0 Å². The molecule has 0 bridgehead atoms. The molecule has 0 saturated heterocycles. The van der Waals surface area contributed by atoms with Crippen LogP contribution in [0.2, 0.25) is 0 Å². The van der Waals surface area contributed by atoms with E-state index in [2.05, 4.69) is 0 Å². The highest BCUT2D eigenvalue weighted by molar-refractivity contribution is 5.76. The molecule has 1 amide bonds. The SMILES string of the molecule is NNC(=O)COc1ccc([N+](=O)[O-])cc1F. The summed E-state index contributed by atoms with van der Waals surface area (Å²) in [7, 11) is 0. The Bertz CT molecular complexity index is 424. The van der Waals surface area contributed by atoms with Crippen molar-refractivity contribution < 1.29 is 18.8 Å². The molecule has 0 aliphatic rings. The van der Waals surface area contributed by atoms with Crippen LogP contribution in [0, 0.1) is 15.9 Å². The lowest BCUT2D eigenvalue weighted by atomic mass is 10.3. The number of benzene rings is 1. The number of nitrogens with two attached hydrogens (primary N) is 1. The first-order valence-electron chi connectivity index (χ1n) is 4.10. The van der Waals surface area contributed by atoms with E-state index in [1.807, 2.05) is 0 Å². The van der Waals surface area contributed by atoms with Crippen molar-refractivity contribution >= 4 is 11.6 Å². The maximum absolute atomic E-state index is 13.2. The monoisotopic (exact) mass is 229 g/mol. The van der Waals surface area contributed by atoms with Gasteiger partial charge in [-0.3, -0.25) is 20.3 Å². The van der Waals surface area contributed by atoms with E-state index in [0.717, 1.165) is 12.1 Å². The number of hydrogen-bond acceptors (Lipinski definition) is 5. The number of rotatable bonds is 4. The molecule has 8 heteroatoms. The molecule has 0 fully saturated rings. The second-order valence-corrected chi connectivity index (χ2v) is 2.73. The molecular formula is C8H8FN3O4. The van der Waals surface area contributed by atoms with Gasteiger partial charge >= 0.3 is 0 Å². The molecule has 0 spiro atoms. The van der Waals surface area contributed by atoms with Gasteiger partial charge in [-0.25, -0.2) is 10.2 Å². The van der Waals surface area contributed by atoms with Crippen molar-refractivity contribution in [1.82, 2.24) is 5.43 Å². The predicted octanol–water partition coefficient (Wildman–Crippen LogP) is 0.103. The average molecular weight is 229 g/mol. The van der Waals surface area contributed by atoms with Gasteiger partial charge in [0.15, 0.2) is 18.2 Å². The number of carbonyl (C=O) groups is 1. The van der Waals surface area contributed by atoms with Gasteiger partial charge in [-0.15, -0.1) is 0 Å². The normalized spacial score (nSPS) is 9.62. The number of nitro benzene ring substituents is 1. The Balaban J connectivity index is 2.75. The van der Waals surface area contributed by atoms with Crippen molar-refractivity contribution in [2.75, 3.05) is 6.61 Å². The van der Waals surface area contributed by atoms with Gasteiger partial charge in [0.05, 0.1) is 11.0 Å². The zero-order chi connectivity index (χ0) is 12.1. The summed E-state index contributed by atoms with van der Waals surface area (Å²) in [5.41, 5.74) is 1.39. The quantitative estimate of drug-likeness (QED) is 0.329. The molecule has 0 heterocycles. The van der Waals surface area contributed by atoms with Crippen LogP contribution < -0.4 is 16.0 Å². The van der Waals surface area contributed by atoms with E-state index in [-0.39, 0.29) is 5.75 Å². The van der Waals surface area contributed by atoms with Crippen LogP contribution in [0.1, 0.15) is 0 Å². The second-order valence-electron chi connectivity index (χ2n) is 2.73. The first-order chi connectivity index (χ1) is 7.54. The first-order valence-corrected chi connectivity index (χ1v) is 4.10. The van der Waals surface area contributed by atoms with E-state index in [4.69, 9.17) is 10.6 Å². The van der Waals surface area contributed by atoms with Crippen LogP contribution in [0.4, 0.5) is 10.1 Å². The van der Waals surface area contributed by atoms with Crippen LogP contribution in [0.3, 0.4) is 0 Å². The standard InChI is InChI=1S/C8H8FN3O4/c9-6-3-5(12(14)15)1-2-7(6)16-4-8(13)11-10/h1-3H,4,10H2,(H,11,13). The summed E-state index contributed by atoms with van der Waals surface area (Å²) in [4.78, 5) is 20.2. The maximum Gasteiger partial charge on any atom is 0.272 e. The molecular weight excluding hydrogens is 221 g/mol. The van der Waals surface area contributed by atoms with Crippen LogP contribution in [0.25, 0.3) is 0 Å². The molecule has 3 N–H and O–H groups in total. The average Bonchev–Trinajstić information content (AvgIpc) is 2.26. The third-order valence-corrected chi connectivity index (χ3v) is 1.65. The molecule has 1 aromatic carbocycles. The molecule has 0 saturated carbocycles. The number of hydrogen-bond donors (Lipinski definition) is 2. The smallest absolute Gasteiger partial charge is 0.272 e. The van der Waals surface area contributed by atoms with Gasteiger partial charge in [0.2, 0.25) is 0 Å². The molecule has 0 radical (unpaired) electrons. The Morgan fingerprint density at radius 3 is 2.81 bits per heavy atom. The molecule has 0 aliphatic heterocycles. The van der Waals surface area contributed by atoms with E-state index in [1.165, 1.54) is 0 Å². The Kier molecular flexibility index (Phi) is 3.72. The summed E-state index contributed by atoms with van der Waals surface area (Å²) in [6.45, 7) is -0.467. The van der Waals surface area contributed by atoms with Gasteiger partial charge in [0.1, 0.15) is 0 Å². The van der Waals surface area contributed by atoms with Crippen molar-refractivity contribution in [1.29, 1.82) is 0 Å². The fourth-order valence-corrected chi connectivity index (χ4v) is 0.905. The fraction of sp³-hybridized carbons (Fsp3) is 0.125. The minimum Gasteiger partial charge on any atom is -0.481 e. The van der Waals surface area contributed by atoms with Gasteiger partial charge in [0.25, 0.3) is 11.6 Å². The lowest BCUT2D eigenvalue weighted by Gasteiger charge is -2.05. The number of nitrogens with zero attached hydrogens (tertiary/aromatic N) is 1. The fourth-order valence-electron chi connectivity index (χ4n) is 0.905. The minimum atomic E-state index is -0.918. The second kappa shape index (κ2) is 5.03. The molecule has 86 valence electrons. The zero-order valence-electron chi connectivity index (χ0n) is 7.97. The Morgan fingerprint density at radius 1 is 1.62 bits per heavy atom. The molecule has 0 aliphatic carbocycles.